The van der Waals surface area contributed by atoms with Gasteiger partial charge >= 0.3 is 5.63 Å². The molecule has 4 rings (SSSR count). The summed E-state index contributed by atoms with van der Waals surface area (Å²) in [4.78, 5) is 46.3. The lowest BCUT2D eigenvalue weighted by molar-refractivity contribution is -0.125. The second-order valence-corrected chi connectivity index (χ2v) is 9.80. The molecule has 2 amide bonds. The van der Waals surface area contributed by atoms with Gasteiger partial charge in [0.15, 0.2) is 0 Å². The second-order valence-electron chi connectivity index (χ2n) is 9.80. The normalized spacial score (nSPS) is 16.6. The number of hydrogen-bond acceptors (Lipinski definition) is 7. The number of likely N-dealkylation sites (tertiary alicyclic amines) is 1. The van der Waals surface area contributed by atoms with Crippen molar-refractivity contribution in [1.82, 2.24) is 10.2 Å². The molecule has 0 spiro atoms. The number of carbonyl (C=O) groups is 2. The number of nitrogens with one attached hydrogen (secondary N) is 1. The Hall–Kier alpha value is -4.24. The lowest BCUT2D eigenvalue weighted by Gasteiger charge is -2.23. The lowest BCUT2D eigenvalue weighted by Crippen LogP contribution is -2.47. The number of nitrogens with zero attached hydrogens (tertiary/aromatic N) is 2. The minimum atomic E-state index is -0.932. The Balaban J connectivity index is 1.48. The van der Waals surface area contributed by atoms with Gasteiger partial charge in [-0.2, -0.15) is 0 Å². The van der Waals surface area contributed by atoms with Crippen LogP contribution in [0.25, 0.3) is 0 Å². The molecular formula is C31H35N3O6. The second kappa shape index (κ2) is 14.2. The molecule has 1 aromatic heterocycles. The zero-order chi connectivity index (χ0) is 28.3. The van der Waals surface area contributed by atoms with E-state index in [0.717, 1.165) is 24.8 Å². The van der Waals surface area contributed by atoms with Crippen molar-refractivity contribution < 1.29 is 24.0 Å². The first-order valence-corrected chi connectivity index (χ1v) is 13.6. The molecule has 1 unspecified atom stereocenters. The van der Waals surface area contributed by atoms with E-state index in [1.807, 2.05) is 36.4 Å². The largest absolute Gasteiger partial charge is 0.427 e. The molecule has 9 nitrogen and oxygen atoms in total. The minimum absolute atomic E-state index is 0.0185. The SMILES string of the molecule is CCCCCc1ccc(C(=O)N2CC(=NOCc3ccccc3)C[C@H]2C(=O)NCC(O)c2ccccc2)c(=O)o1. The topological polar surface area (TPSA) is 121 Å². The van der Waals surface area contributed by atoms with E-state index >= 15 is 0 Å². The summed E-state index contributed by atoms with van der Waals surface area (Å²) in [6.45, 7) is 2.31. The van der Waals surface area contributed by atoms with Crippen LogP contribution in [0.15, 0.2) is 87.2 Å². The van der Waals surface area contributed by atoms with Gasteiger partial charge in [0.1, 0.15) is 24.0 Å². The molecule has 0 saturated carbocycles. The molecule has 3 aromatic rings. The molecule has 1 aliphatic heterocycles. The van der Waals surface area contributed by atoms with Gasteiger partial charge in [0.2, 0.25) is 5.91 Å². The molecule has 0 aliphatic carbocycles. The number of aliphatic hydroxyl groups is 1. The van der Waals surface area contributed by atoms with Crippen molar-refractivity contribution in [2.45, 2.75) is 57.8 Å². The number of aryl methyl sites for hydroxylation is 1. The van der Waals surface area contributed by atoms with Crippen molar-refractivity contribution in [3.63, 3.8) is 0 Å². The van der Waals surface area contributed by atoms with Crippen LogP contribution in [-0.4, -0.2) is 46.7 Å². The fourth-order valence-electron chi connectivity index (χ4n) is 4.55. The van der Waals surface area contributed by atoms with Crippen LogP contribution in [0.2, 0.25) is 0 Å². The van der Waals surface area contributed by atoms with Crippen LogP contribution in [0.3, 0.4) is 0 Å². The Morgan fingerprint density at radius 3 is 2.50 bits per heavy atom. The van der Waals surface area contributed by atoms with Gasteiger partial charge in [-0.1, -0.05) is 85.6 Å². The highest BCUT2D eigenvalue weighted by atomic mass is 16.6. The van der Waals surface area contributed by atoms with E-state index in [1.165, 1.54) is 11.0 Å². The number of benzene rings is 2. The third-order valence-corrected chi connectivity index (χ3v) is 6.78. The highest BCUT2D eigenvalue weighted by molar-refractivity contribution is 6.05. The van der Waals surface area contributed by atoms with Crippen LogP contribution in [0.1, 0.15) is 66.0 Å². The highest BCUT2D eigenvalue weighted by Gasteiger charge is 2.39. The summed E-state index contributed by atoms with van der Waals surface area (Å²) in [5.41, 5.74) is 1.21. The summed E-state index contributed by atoms with van der Waals surface area (Å²) in [7, 11) is 0. The molecule has 2 N–H and O–H groups in total. The quantitative estimate of drug-likeness (QED) is 0.262. The summed E-state index contributed by atoms with van der Waals surface area (Å²) in [6, 6.07) is 20.7. The number of oxime groups is 1. The number of aliphatic hydroxyl groups excluding tert-OH is 1. The van der Waals surface area contributed by atoms with Gasteiger partial charge in [0.05, 0.1) is 18.4 Å². The first kappa shape index (κ1) is 28.8. The van der Waals surface area contributed by atoms with Crippen LogP contribution in [0.4, 0.5) is 0 Å². The van der Waals surface area contributed by atoms with E-state index in [4.69, 9.17) is 9.25 Å². The van der Waals surface area contributed by atoms with Crippen molar-refractivity contribution in [2.24, 2.45) is 5.16 Å². The monoisotopic (exact) mass is 545 g/mol. The Morgan fingerprint density at radius 1 is 1.07 bits per heavy atom. The molecule has 1 aliphatic rings. The summed E-state index contributed by atoms with van der Waals surface area (Å²) >= 11 is 0. The van der Waals surface area contributed by atoms with Crippen LogP contribution >= 0.6 is 0 Å². The zero-order valence-electron chi connectivity index (χ0n) is 22.6. The summed E-state index contributed by atoms with van der Waals surface area (Å²) in [6.07, 6.45) is 2.78. The van der Waals surface area contributed by atoms with Crippen molar-refractivity contribution in [3.05, 3.63) is 106 Å². The van der Waals surface area contributed by atoms with E-state index in [2.05, 4.69) is 17.4 Å². The average molecular weight is 546 g/mol. The molecular weight excluding hydrogens is 510 g/mol. The molecule has 2 heterocycles. The number of amides is 2. The molecule has 1 saturated heterocycles. The van der Waals surface area contributed by atoms with E-state index in [1.54, 1.807) is 30.3 Å². The van der Waals surface area contributed by atoms with E-state index in [0.29, 0.717) is 23.5 Å². The predicted octanol–water partition coefficient (Wildman–Crippen LogP) is 4.01. The smallest absolute Gasteiger partial charge is 0.348 e. The van der Waals surface area contributed by atoms with Gasteiger partial charge in [-0.05, 0) is 29.7 Å². The van der Waals surface area contributed by atoms with E-state index in [-0.39, 0.29) is 31.7 Å². The van der Waals surface area contributed by atoms with E-state index < -0.39 is 29.6 Å². The highest BCUT2D eigenvalue weighted by Crippen LogP contribution is 2.20. The van der Waals surface area contributed by atoms with Crippen LogP contribution in [-0.2, 0) is 22.7 Å². The molecule has 0 bridgehead atoms. The molecule has 1 fully saturated rings. The molecule has 0 radical (unpaired) electrons. The summed E-state index contributed by atoms with van der Waals surface area (Å²) in [5, 5.41) is 17.4. The maximum absolute atomic E-state index is 13.5. The first-order valence-electron chi connectivity index (χ1n) is 13.6. The maximum atomic E-state index is 13.5. The number of carbonyl (C=O) groups excluding carboxylic acids is 2. The average Bonchev–Trinajstić information content (AvgIpc) is 3.41. The minimum Gasteiger partial charge on any atom is -0.427 e. The number of rotatable bonds is 12. The van der Waals surface area contributed by atoms with Gasteiger partial charge in [0.25, 0.3) is 5.91 Å². The van der Waals surface area contributed by atoms with Crippen LogP contribution in [0, 0.1) is 0 Å². The molecule has 2 atom stereocenters. The number of hydrogen-bond donors (Lipinski definition) is 2. The van der Waals surface area contributed by atoms with Crippen molar-refractivity contribution in [1.29, 1.82) is 0 Å². The van der Waals surface area contributed by atoms with Crippen molar-refractivity contribution >= 4 is 17.5 Å². The van der Waals surface area contributed by atoms with E-state index in [9.17, 15) is 19.5 Å². The lowest BCUT2D eigenvalue weighted by atomic mass is 10.1. The molecule has 9 heteroatoms. The summed E-state index contributed by atoms with van der Waals surface area (Å²) < 4.78 is 5.41. The predicted molar refractivity (Wildman–Crippen MR) is 151 cm³/mol. The Labute approximate surface area is 233 Å². The zero-order valence-corrected chi connectivity index (χ0v) is 22.6. The third kappa shape index (κ3) is 7.66. The molecule has 40 heavy (non-hydrogen) atoms. The Morgan fingerprint density at radius 2 is 1.80 bits per heavy atom. The molecule has 210 valence electrons. The fourth-order valence-corrected chi connectivity index (χ4v) is 4.55. The van der Waals surface area contributed by atoms with Gasteiger partial charge in [0, 0.05) is 19.4 Å². The van der Waals surface area contributed by atoms with Gasteiger partial charge in [-0.3, -0.25) is 9.59 Å². The van der Waals surface area contributed by atoms with Crippen molar-refractivity contribution in [3.8, 4) is 0 Å². The fraction of sp³-hybridized carbons (Fsp3) is 0.355. The third-order valence-electron chi connectivity index (χ3n) is 6.78. The van der Waals surface area contributed by atoms with Crippen LogP contribution in [0.5, 0.6) is 0 Å². The number of unbranched alkanes of at least 4 members (excludes halogenated alkanes) is 2. The summed E-state index contributed by atoms with van der Waals surface area (Å²) in [5.74, 6) is -0.555. The first-order chi connectivity index (χ1) is 19.5. The van der Waals surface area contributed by atoms with Gasteiger partial charge in [-0.15, -0.1) is 0 Å². The van der Waals surface area contributed by atoms with Crippen molar-refractivity contribution in [2.75, 3.05) is 13.1 Å². The standard InChI is InChI=1S/C31H35N3O6/c1-2-3-6-15-25-16-17-26(31(38)40-25)30(37)34-20-24(33-39-21-22-11-7-4-8-12-22)18-27(34)29(36)32-19-28(35)23-13-9-5-10-14-23/h4-5,7-14,16-17,27-28,35H,2-3,6,15,18-21H2,1H3,(H,32,36)/t27-,28?/m0/s1. The van der Waals surface area contributed by atoms with Gasteiger partial charge in [-0.25, -0.2) is 4.79 Å². The Bertz CT molecular complexity index is 1360. The van der Waals surface area contributed by atoms with Crippen LogP contribution < -0.4 is 10.9 Å². The maximum Gasteiger partial charge on any atom is 0.348 e. The molecule has 2 aromatic carbocycles. The van der Waals surface area contributed by atoms with Gasteiger partial charge < -0.3 is 24.6 Å². The Kier molecular flexibility index (Phi) is 10.2.